The van der Waals surface area contributed by atoms with Crippen molar-refractivity contribution in [2.75, 3.05) is 6.61 Å². The van der Waals surface area contributed by atoms with E-state index in [0.717, 1.165) is 16.9 Å². The van der Waals surface area contributed by atoms with E-state index in [0.29, 0.717) is 5.57 Å². The van der Waals surface area contributed by atoms with Gasteiger partial charge in [-0.3, -0.25) is 0 Å². The molecule has 0 bridgehead atoms. The molecule has 0 aliphatic carbocycles. The lowest BCUT2D eigenvalue weighted by molar-refractivity contribution is -0.135. The molecule has 130 valence electrons. The highest BCUT2D eigenvalue weighted by Gasteiger charge is 2.15. The van der Waals surface area contributed by atoms with Crippen LogP contribution in [0.5, 0.6) is 5.75 Å². The summed E-state index contributed by atoms with van der Waals surface area (Å²) >= 11 is 0. The van der Waals surface area contributed by atoms with Gasteiger partial charge in [-0.25, -0.2) is 4.79 Å². The van der Waals surface area contributed by atoms with Crippen molar-refractivity contribution in [2.24, 2.45) is 0 Å². The fraction of sp³-hybridized carbons (Fsp3) is 0.227. The first-order chi connectivity index (χ1) is 11.9. The molecular formula is C22H24O3. The average Bonchev–Trinajstić information content (AvgIpc) is 2.58. The van der Waals surface area contributed by atoms with Crippen LogP contribution in [0.25, 0.3) is 11.6 Å². The van der Waals surface area contributed by atoms with Crippen LogP contribution in [0.1, 0.15) is 31.9 Å². The Morgan fingerprint density at radius 3 is 2.24 bits per heavy atom. The normalized spacial score (nSPS) is 11.7. The standard InChI is InChI=1S/C22H24O3/c1-5-15-24-21(23)20(16-17-9-7-6-8-10-17)18-11-13-19(14-12-18)25-22(2,3)4/h5-14,16H,1,15H2,2-4H3/b20-16+. The number of benzene rings is 2. The molecule has 3 nitrogen and oxygen atoms in total. The molecule has 2 aromatic rings. The SMILES string of the molecule is C=CCOC(=O)/C(=C/c1ccccc1)c1ccc(OC(C)(C)C)cc1. The van der Waals surface area contributed by atoms with E-state index in [1.165, 1.54) is 0 Å². The lowest BCUT2D eigenvalue weighted by Gasteiger charge is -2.21. The number of carbonyl (C=O) groups is 1. The Bertz CT molecular complexity index is 735. The van der Waals surface area contributed by atoms with Gasteiger partial charge in [-0.2, -0.15) is 0 Å². The summed E-state index contributed by atoms with van der Waals surface area (Å²) < 4.78 is 11.1. The molecule has 0 heterocycles. The lowest BCUT2D eigenvalue weighted by Crippen LogP contribution is -2.22. The Morgan fingerprint density at radius 2 is 1.68 bits per heavy atom. The second-order valence-electron chi connectivity index (χ2n) is 6.59. The number of ether oxygens (including phenoxy) is 2. The molecule has 0 N–H and O–H groups in total. The molecule has 2 rings (SSSR count). The predicted molar refractivity (Wildman–Crippen MR) is 102 cm³/mol. The maximum Gasteiger partial charge on any atom is 0.339 e. The van der Waals surface area contributed by atoms with Gasteiger partial charge in [0.05, 0.1) is 5.57 Å². The lowest BCUT2D eigenvalue weighted by atomic mass is 10.0. The quantitative estimate of drug-likeness (QED) is 0.317. The highest BCUT2D eigenvalue weighted by molar-refractivity contribution is 6.21. The Morgan fingerprint density at radius 1 is 1.04 bits per heavy atom. The maximum absolute atomic E-state index is 12.5. The number of carbonyl (C=O) groups excluding carboxylic acids is 1. The van der Waals surface area contributed by atoms with Gasteiger partial charge in [-0.15, -0.1) is 0 Å². The maximum atomic E-state index is 12.5. The summed E-state index contributed by atoms with van der Waals surface area (Å²) in [6.07, 6.45) is 3.38. The van der Waals surface area contributed by atoms with Crippen LogP contribution in [0.15, 0.2) is 67.3 Å². The van der Waals surface area contributed by atoms with Crippen molar-refractivity contribution in [3.63, 3.8) is 0 Å². The minimum absolute atomic E-state index is 0.177. The summed E-state index contributed by atoms with van der Waals surface area (Å²) in [5.74, 6) is 0.378. The fourth-order valence-electron chi connectivity index (χ4n) is 2.24. The molecule has 3 heteroatoms. The Labute approximate surface area is 149 Å². The number of esters is 1. The first-order valence-corrected chi connectivity index (χ1v) is 8.23. The molecule has 0 radical (unpaired) electrons. The molecule has 0 unspecified atom stereocenters. The molecule has 25 heavy (non-hydrogen) atoms. The number of rotatable bonds is 6. The van der Waals surface area contributed by atoms with E-state index in [2.05, 4.69) is 6.58 Å². The van der Waals surface area contributed by atoms with Crippen molar-refractivity contribution in [3.8, 4) is 5.75 Å². The predicted octanol–water partition coefficient (Wildman–Crippen LogP) is 5.13. The van der Waals surface area contributed by atoms with Crippen LogP contribution in [-0.2, 0) is 9.53 Å². The second-order valence-corrected chi connectivity index (χ2v) is 6.59. The molecule has 0 saturated heterocycles. The van der Waals surface area contributed by atoms with Crippen molar-refractivity contribution in [2.45, 2.75) is 26.4 Å². The zero-order valence-corrected chi connectivity index (χ0v) is 15.0. The van der Waals surface area contributed by atoms with E-state index >= 15 is 0 Å². The van der Waals surface area contributed by atoms with Gasteiger partial charge in [0.1, 0.15) is 18.0 Å². The average molecular weight is 336 g/mol. The largest absolute Gasteiger partial charge is 0.488 e. The van der Waals surface area contributed by atoms with Gasteiger partial charge >= 0.3 is 5.97 Å². The van der Waals surface area contributed by atoms with Crippen LogP contribution in [-0.4, -0.2) is 18.2 Å². The third-order valence-corrected chi connectivity index (χ3v) is 3.25. The Kier molecular flexibility index (Phi) is 6.18. The minimum Gasteiger partial charge on any atom is -0.488 e. The molecule has 0 fully saturated rings. The zero-order chi connectivity index (χ0) is 18.3. The monoisotopic (exact) mass is 336 g/mol. The van der Waals surface area contributed by atoms with Crippen LogP contribution in [0.3, 0.4) is 0 Å². The van der Waals surface area contributed by atoms with Crippen LogP contribution < -0.4 is 4.74 Å². The van der Waals surface area contributed by atoms with Gasteiger partial charge in [0.25, 0.3) is 0 Å². The summed E-state index contributed by atoms with van der Waals surface area (Å²) in [6, 6.07) is 17.1. The summed E-state index contributed by atoms with van der Waals surface area (Å²) in [7, 11) is 0. The second kappa shape index (κ2) is 8.34. The van der Waals surface area contributed by atoms with Crippen molar-refractivity contribution >= 4 is 17.6 Å². The van der Waals surface area contributed by atoms with Gasteiger partial charge in [-0.05, 0) is 50.1 Å². The molecule has 0 aromatic heterocycles. The van der Waals surface area contributed by atoms with Crippen molar-refractivity contribution in [1.82, 2.24) is 0 Å². The molecular weight excluding hydrogens is 312 g/mol. The van der Waals surface area contributed by atoms with E-state index in [1.807, 2.05) is 81.4 Å². The van der Waals surface area contributed by atoms with Gasteiger partial charge in [0, 0.05) is 0 Å². The summed E-state index contributed by atoms with van der Waals surface area (Å²) in [4.78, 5) is 12.5. The smallest absolute Gasteiger partial charge is 0.339 e. The van der Waals surface area contributed by atoms with Crippen LogP contribution in [0.2, 0.25) is 0 Å². The summed E-state index contributed by atoms with van der Waals surface area (Å²) in [5.41, 5.74) is 1.94. The highest BCUT2D eigenvalue weighted by Crippen LogP contribution is 2.24. The first-order valence-electron chi connectivity index (χ1n) is 8.23. The van der Waals surface area contributed by atoms with Gasteiger partial charge in [0.2, 0.25) is 0 Å². The summed E-state index contributed by atoms with van der Waals surface area (Å²) in [5, 5.41) is 0. The third-order valence-electron chi connectivity index (χ3n) is 3.25. The number of hydrogen-bond acceptors (Lipinski definition) is 3. The Hall–Kier alpha value is -2.81. The molecule has 2 aromatic carbocycles. The topological polar surface area (TPSA) is 35.5 Å². The van der Waals surface area contributed by atoms with E-state index in [-0.39, 0.29) is 18.2 Å². The third kappa shape index (κ3) is 5.96. The van der Waals surface area contributed by atoms with E-state index in [1.54, 1.807) is 6.08 Å². The van der Waals surface area contributed by atoms with Gasteiger partial charge in [0.15, 0.2) is 0 Å². The summed E-state index contributed by atoms with van der Waals surface area (Å²) in [6.45, 7) is 9.74. The molecule has 0 amide bonds. The van der Waals surface area contributed by atoms with Crippen LogP contribution in [0, 0.1) is 0 Å². The van der Waals surface area contributed by atoms with E-state index in [9.17, 15) is 4.79 Å². The molecule has 0 atom stereocenters. The van der Waals surface area contributed by atoms with Crippen molar-refractivity contribution < 1.29 is 14.3 Å². The van der Waals surface area contributed by atoms with E-state index < -0.39 is 0 Å². The highest BCUT2D eigenvalue weighted by atomic mass is 16.5. The van der Waals surface area contributed by atoms with Gasteiger partial charge < -0.3 is 9.47 Å². The van der Waals surface area contributed by atoms with Crippen LogP contribution >= 0.6 is 0 Å². The van der Waals surface area contributed by atoms with Gasteiger partial charge in [-0.1, -0.05) is 55.1 Å². The first kappa shape index (κ1) is 18.5. The fourth-order valence-corrected chi connectivity index (χ4v) is 2.24. The zero-order valence-electron chi connectivity index (χ0n) is 15.0. The van der Waals surface area contributed by atoms with Crippen LogP contribution in [0.4, 0.5) is 0 Å². The van der Waals surface area contributed by atoms with Crippen molar-refractivity contribution in [1.29, 1.82) is 0 Å². The molecule has 0 aliphatic heterocycles. The van der Waals surface area contributed by atoms with Crippen molar-refractivity contribution in [3.05, 3.63) is 78.4 Å². The molecule has 0 aliphatic rings. The Balaban J connectivity index is 2.33. The molecule has 0 saturated carbocycles. The molecule has 0 spiro atoms. The minimum atomic E-state index is -0.381. The van der Waals surface area contributed by atoms with E-state index in [4.69, 9.17) is 9.47 Å². The number of hydrogen-bond donors (Lipinski definition) is 0.